The van der Waals surface area contributed by atoms with Gasteiger partial charge in [0.2, 0.25) is 5.95 Å². The number of benzene rings is 1. The van der Waals surface area contributed by atoms with Crippen LogP contribution in [0.1, 0.15) is 12.1 Å². The van der Waals surface area contributed by atoms with Crippen molar-refractivity contribution in [1.29, 1.82) is 0 Å². The zero-order chi connectivity index (χ0) is 15.1. The lowest BCUT2D eigenvalue weighted by atomic mass is 10.3. The molecule has 0 radical (unpaired) electrons. The Kier molecular flexibility index (Phi) is 5.37. The normalized spacial score (nSPS) is 10.2. The minimum absolute atomic E-state index is 0.652. The van der Waals surface area contributed by atoms with Gasteiger partial charge in [-0.05, 0) is 25.5 Å². The van der Waals surface area contributed by atoms with E-state index < -0.39 is 0 Å². The van der Waals surface area contributed by atoms with Crippen molar-refractivity contribution in [3.8, 4) is 0 Å². The third-order valence-electron chi connectivity index (χ3n) is 3.25. The van der Waals surface area contributed by atoms with Gasteiger partial charge in [-0.1, -0.05) is 18.2 Å². The molecule has 0 aliphatic heterocycles. The fourth-order valence-electron chi connectivity index (χ4n) is 2.12. The van der Waals surface area contributed by atoms with Crippen LogP contribution >= 0.6 is 0 Å². The topological polar surface area (TPSA) is 53.1 Å². The summed E-state index contributed by atoms with van der Waals surface area (Å²) in [5.41, 5.74) is 2.20. The maximum absolute atomic E-state index is 4.38. The summed E-state index contributed by atoms with van der Waals surface area (Å²) in [6.45, 7) is 3.85. The lowest BCUT2D eigenvalue weighted by Gasteiger charge is -2.19. The Morgan fingerprint density at radius 2 is 1.90 bits per heavy atom. The first-order valence-electron chi connectivity index (χ1n) is 7.22. The highest BCUT2D eigenvalue weighted by atomic mass is 15.1. The fraction of sp³-hybridized carbons (Fsp3) is 0.375. The molecule has 2 N–H and O–H groups in total. The number of aromatic nitrogens is 2. The quantitative estimate of drug-likeness (QED) is 0.766. The third kappa shape index (κ3) is 4.63. The summed E-state index contributed by atoms with van der Waals surface area (Å²) in [5, 5.41) is 6.32. The van der Waals surface area contributed by atoms with E-state index in [4.69, 9.17) is 0 Å². The summed E-state index contributed by atoms with van der Waals surface area (Å²) >= 11 is 0. The lowest BCUT2D eigenvalue weighted by Crippen LogP contribution is -2.20. The summed E-state index contributed by atoms with van der Waals surface area (Å²) < 4.78 is 0. The second kappa shape index (κ2) is 7.47. The van der Waals surface area contributed by atoms with Crippen LogP contribution in [0.2, 0.25) is 0 Å². The number of anilines is 3. The van der Waals surface area contributed by atoms with Crippen molar-refractivity contribution >= 4 is 17.5 Å². The average Bonchev–Trinajstić information content (AvgIpc) is 2.51. The minimum Gasteiger partial charge on any atom is -0.375 e. The van der Waals surface area contributed by atoms with Crippen LogP contribution in [0.4, 0.5) is 17.5 Å². The van der Waals surface area contributed by atoms with Crippen LogP contribution < -0.4 is 15.5 Å². The molecular formula is C16H23N5. The molecule has 0 aliphatic carbocycles. The smallest absolute Gasteiger partial charge is 0.224 e. The first kappa shape index (κ1) is 15.1. The molecule has 1 heterocycles. The Labute approximate surface area is 126 Å². The predicted molar refractivity (Wildman–Crippen MR) is 89.1 cm³/mol. The summed E-state index contributed by atoms with van der Waals surface area (Å²) in [6.07, 6.45) is 1.04. The van der Waals surface area contributed by atoms with Gasteiger partial charge in [0.05, 0.1) is 0 Å². The van der Waals surface area contributed by atoms with Gasteiger partial charge in [0, 0.05) is 44.6 Å². The number of nitrogens with one attached hydrogen (secondary N) is 2. The molecule has 0 bridgehead atoms. The van der Waals surface area contributed by atoms with Crippen LogP contribution in [-0.4, -0.2) is 37.2 Å². The van der Waals surface area contributed by atoms with Crippen molar-refractivity contribution < 1.29 is 0 Å². The van der Waals surface area contributed by atoms with Gasteiger partial charge in [-0.15, -0.1) is 0 Å². The minimum atomic E-state index is 0.652. The molecule has 2 aromatic rings. The molecule has 21 heavy (non-hydrogen) atoms. The van der Waals surface area contributed by atoms with Crippen LogP contribution in [0, 0.1) is 6.92 Å². The molecule has 2 rings (SSSR count). The van der Waals surface area contributed by atoms with E-state index >= 15 is 0 Å². The van der Waals surface area contributed by atoms with Crippen LogP contribution in [-0.2, 0) is 0 Å². The third-order valence-corrected chi connectivity index (χ3v) is 3.25. The van der Waals surface area contributed by atoms with Crippen LogP contribution in [0.25, 0.3) is 0 Å². The molecule has 0 fully saturated rings. The van der Waals surface area contributed by atoms with Crippen LogP contribution in [0.3, 0.4) is 0 Å². The highest BCUT2D eigenvalue weighted by Gasteiger charge is 2.02. The monoisotopic (exact) mass is 285 g/mol. The van der Waals surface area contributed by atoms with E-state index in [1.807, 2.05) is 26.1 Å². The summed E-state index contributed by atoms with van der Waals surface area (Å²) in [4.78, 5) is 10.9. The second-order valence-electron chi connectivity index (χ2n) is 5.01. The molecule has 5 heteroatoms. The first-order chi connectivity index (χ1) is 10.2. The Morgan fingerprint density at radius 3 is 2.62 bits per heavy atom. The Hall–Kier alpha value is -2.30. The number of aryl methyl sites for hydroxylation is 1. The van der Waals surface area contributed by atoms with Gasteiger partial charge in [-0.2, -0.15) is 4.98 Å². The zero-order valence-electron chi connectivity index (χ0n) is 12.9. The molecule has 0 atom stereocenters. The van der Waals surface area contributed by atoms with E-state index in [2.05, 4.69) is 56.8 Å². The lowest BCUT2D eigenvalue weighted by molar-refractivity contribution is 0.813. The standard InChI is InChI=1S/C16H23N5/c1-13-12-15(20-16(17-2)19-13)18-10-7-11-21(3)14-8-5-4-6-9-14/h4-6,8-9,12H,7,10-11H2,1-3H3,(H2,17,18,19,20). The predicted octanol–water partition coefficient (Wildman–Crippen LogP) is 2.77. The molecule has 0 amide bonds. The van der Waals surface area contributed by atoms with E-state index in [1.165, 1.54) is 5.69 Å². The molecule has 112 valence electrons. The summed E-state index contributed by atoms with van der Waals surface area (Å²) in [7, 11) is 3.94. The van der Waals surface area contributed by atoms with Gasteiger partial charge in [0.25, 0.3) is 0 Å². The van der Waals surface area contributed by atoms with Crippen molar-refractivity contribution in [1.82, 2.24) is 9.97 Å². The van der Waals surface area contributed by atoms with Gasteiger partial charge >= 0.3 is 0 Å². The number of rotatable bonds is 7. The van der Waals surface area contributed by atoms with Crippen molar-refractivity contribution in [2.75, 3.05) is 42.7 Å². The van der Waals surface area contributed by atoms with Gasteiger partial charge in [0.1, 0.15) is 5.82 Å². The van der Waals surface area contributed by atoms with Gasteiger partial charge in [0.15, 0.2) is 0 Å². The molecule has 0 spiro atoms. The summed E-state index contributed by atoms with van der Waals surface area (Å²) in [6, 6.07) is 12.4. The maximum Gasteiger partial charge on any atom is 0.224 e. The van der Waals surface area contributed by atoms with E-state index in [9.17, 15) is 0 Å². The van der Waals surface area contributed by atoms with Crippen molar-refractivity contribution in [3.05, 3.63) is 42.1 Å². The zero-order valence-corrected chi connectivity index (χ0v) is 12.9. The molecule has 5 nitrogen and oxygen atoms in total. The highest BCUT2D eigenvalue weighted by Crippen LogP contribution is 2.12. The van der Waals surface area contributed by atoms with E-state index in [0.29, 0.717) is 5.95 Å². The van der Waals surface area contributed by atoms with E-state index in [1.54, 1.807) is 0 Å². The van der Waals surface area contributed by atoms with Crippen molar-refractivity contribution in [2.24, 2.45) is 0 Å². The molecule has 0 saturated carbocycles. The van der Waals surface area contributed by atoms with Crippen molar-refractivity contribution in [2.45, 2.75) is 13.3 Å². The number of nitrogens with zero attached hydrogens (tertiary/aromatic N) is 3. The van der Waals surface area contributed by atoms with Crippen molar-refractivity contribution in [3.63, 3.8) is 0 Å². The van der Waals surface area contributed by atoms with Gasteiger partial charge in [-0.3, -0.25) is 0 Å². The average molecular weight is 285 g/mol. The molecule has 0 unspecified atom stereocenters. The first-order valence-corrected chi connectivity index (χ1v) is 7.22. The van der Waals surface area contributed by atoms with E-state index in [-0.39, 0.29) is 0 Å². The number of hydrogen-bond donors (Lipinski definition) is 2. The Bertz CT molecular complexity index is 556. The molecular weight excluding hydrogens is 262 g/mol. The highest BCUT2D eigenvalue weighted by molar-refractivity contribution is 5.45. The molecule has 1 aromatic carbocycles. The second-order valence-corrected chi connectivity index (χ2v) is 5.01. The maximum atomic E-state index is 4.38. The van der Waals surface area contributed by atoms with Gasteiger partial charge < -0.3 is 15.5 Å². The molecule has 0 saturated heterocycles. The Morgan fingerprint density at radius 1 is 1.14 bits per heavy atom. The van der Waals surface area contributed by atoms with E-state index in [0.717, 1.165) is 31.0 Å². The van der Waals surface area contributed by atoms with Crippen LogP contribution in [0.15, 0.2) is 36.4 Å². The largest absolute Gasteiger partial charge is 0.375 e. The Balaban J connectivity index is 1.78. The fourth-order valence-corrected chi connectivity index (χ4v) is 2.12. The molecule has 1 aromatic heterocycles. The summed E-state index contributed by atoms with van der Waals surface area (Å²) in [5.74, 6) is 1.52. The SMILES string of the molecule is CNc1nc(C)cc(NCCCN(C)c2ccccc2)n1. The number of para-hydroxylation sites is 1. The molecule has 0 aliphatic rings. The van der Waals surface area contributed by atoms with Crippen LogP contribution in [0.5, 0.6) is 0 Å². The number of hydrogen-bond acceptors (Lipinski definition) is 5. The van der Waals surface area contributed by atoms with Gasteiger partial charge in [-0.25, -0.2) is 4.98 Å².